The van der Waals surface area contributed by atoms with E-state index in [-0.39, 0.29) is 11.8 Å². The van der Waals surface area contributed by atoms with Crippen molar-refractivity contribution in [1.82, 2.24) is 20.1 Å². The lowest BCUT2D eigenvalue weighted by molar-refractivity contribution is -0.123. The van der Waals surface area contributed by atoms with Crippen molar-refractivity contribution in [2.24, 2.45) is 13.0 Å². The van der Waals surface area contributed by atoms with Crippen molar-refractivity contribution in [2.45, 2.75) is 43.2 Å². The van der Waals surface area contributed by atoms with Gasteiger partial charge in [0.25, 0.3) is 0 Å². The van der Waals surface area contributed by atoms with Gasteiger partial charge in [0, 0.05) is 20.0 Å². The zero-order valence-electron chi connectivity index (χ0n) is 14.9. The van der Waals surface area contributed by atoms with Crippen molar-refractivity contribution < 1.29 is 4.79 Å². The molecule has 1 aromatic heterocycles. The second kappa shape index (κ2) is 8.52. The minimum absolute atomic E-state index is 0.0371. The largest absolute Gasteiger partial charge is 0.355 e. The number of amides is 1. The molecule has 3 rings (SSSR count). The average Bonchev–Trinajstić information content (AvgIpc) is 3.27. The third-order valence-electron chi connectivity index (χ3n) is 5.07. The van der Waals surface area contributed by atoms with Gasteiger partial charge >= 0.3 is 0 Å². The van der Waals surface area contributed by atoms with E-state index in [9.17, 15) is 4.79 Å². The predicted octanol–water partition coefficient (Wildman–Crippen LogP) is 3.17. The van der Waals surface area contributed by atoms with Crippen LogP contribution in [0.4, 0.5) is 0 Å². The summed E-state index contributed by atoms with van der Waals surface area (Å²) in [6.45, 7) is 0.593. The number of nitrogens with one attached hydrogen (secondary N) is 1. The number of aromatic nitrogens is 3. The van der Waals surface area contributed by atoms with Crippen LogP contribution >= 0.6 is 11.8 Å². The van der Waals surface area contributed by atoms with Crippen molar-refractivity contribution in [3.63, 3.8) is 0 Å². The highest BCUT2D eigenvalue weighted by molar-refractivity contribution is 7.98. The van der Waals surface area contributed by atoms with Crippen LogP contribution in [0.5, 0.6) is 0 Å². The molecule has 0 bridgehead atoms. The number of hydrogen-bond donors (Lipinski definition) is 1. The quantitative estimate of drug-likeness (QED) is 0.772. The number of benzene rings is 1. The Kier molecular flexibility index (Phi) is 6.13. The van der Waals surface area contributed by atoms with E-state index < -0.39 is 0 Å². The van der Waals surface area contributed by atoms with Crippen LogP contribution in [-0.4, -0.2) is 33.5 Å². The SMILES string of the molecule is CSc1nnc(CCNC(=O)[C@@H](c2ccccc2)C2CCCC2)n1C. The molecule has 2 aromatic rings. The van der Waals surface area contributed by atoms with Crippen LogP contribution in [0.3, 0.4) is 0 Å². The predicted molar refractivity (Wildman–Crippen MR) is 101 cm³/mol. The Bertz CT molecular complexity index is 695. The van der Waals surface area contributed by atoms with Crippen molar-refractivity contribution in [3.05, 3.63) is 41.7 Å². The zero-order valence-corrected chi connectivity index (χ0v) is 15.8. The van der Waals surface area contributed by atoms with Crippen LogP contribution in [0.1, 0.15) is 43.0 Å². The Morgan fingerprint density at radius 3 is 2.64 bits per heavy atom. The van der Waals surface area contributed by atoms with Gasteiger partial charge in [0.15, 0.2) is 5.16 Å². The number of hydrogen-bond acceptors (Lipinski definition) is 4. The maximum absolute atomic E-state index is 12.9. The van der Waals surface area contributed by atoms with Crippen LogP contribution in [0.25, 0.3) is 0 Å². The number of nitrogens with zero attached hydrogens (tertiary/aromatic N) is 3. The molecule has 6 heteroatoms. The van der Waals surface area contributed by atoms with Crippen LogP contribution in [-0.2, 0) is 18.3 Å². The van der Waals surface area contributed by atoms with Crippen LogP contribution in [0.2, 0.25) is 0 Å². The molecule has 1 fully saturated rings. The molecule has 1 heterocycles. The second-order valence-corrected chi connectivity index (χ2v) is 7.41. The van der Waals surface area contributed by atoms with E-state index in [0.717, 1.165) is 29.4 Å². The minimum Gasteiger partial charge on any atom is -0.355 e. The number of rotatable bonds is 7. The molecule has 0 aliphatic heterocycles. The molecule has 0 saturated heterocycles. The lowest BCUT2D eigenvalue weighted by Crippen LogP contribution is -2.34. The molecule has 1 aliphatic carbocycles. The molecule has 1 amide bonds. The van der Waals surface area contributed by atoms with Gasteiger partial charge in [-0.25, -0.2) is 0 Å². The Hall–Kier alpha value is -1.82. The summed E-state index contributed by atoms with van der Waals surface area (Å²) < 4.78 is 1.99. The molecule has 0 spiro atoms. The first kappa shape index (κ1) is 18.0. The molecule has 134 valence electrons. The smallest absolute Gasteiger partial charge is 0.227 e. The van der Waals surface area contributed by atoms with Crippen molar-refractivity contribution in [3.8, 4) is 0 Å². The summed E-state index contributed by atoms with van der Waals surface area (Å²) in [5, 5.41) is 12.4. The van der Waals surface area contributed by atoms with Gasteiger partial charge in [0.2, 0.25) is 5.91 Å². The van der Waals surface area contributed by atoms with Gasteiger partial charge in [-0.15, -0.1) is 10.2 Å². The maximum atomic E-state index is 12.9. The molecule has 1 N–H and O–H groups in total. The molecular formula is C19H26N4OS. The first-order chi connectivity index (χ1) is 12.2. The van der Waals surface area contributed by atoms with Crippen molar-refractivity contribution in [1.29, 1.82) is 0 Å². The van der Waals surface area contributed by atoms with Gasteiger partial charge in [-0.3, -0.25) is 4.79 Å². The lowest BCUT2D eigenvalue weighted by Gasteiger charge is -2.23. The molecule has 0 radical (unpaired) electrons. The van der Waals surface area contributed by atoms with Gasteiger partial charge in [-0.1, -0.05) is 54.9 Å². The molecule has 1 saturated carbocycles. The van der Waals surface area contributed by atoms with Gasteiger partial charge in [0.1, 0.15) is 5.82 Å². The highest BCUT2D eigenvalue weighted by Gasteiger charge is 2.31. The summed E-state index contributed by atoms with van der Waals surface area (Å²) in [7, 11) is 1.97. The first-order valence-corrected chi connectivity index (χ1v) is 10.2. The van der Waals surface area contributed by atoms with E-state index in [0.29, 0.717) is 18.9 Å². The van der Waals surface area contributed by atoms with Crippen LogP contribution < -0.4 is 5.32 Å². The Labute approximate surface area is 153 Å². The molecule has 25 heavy (non-hydrogen) atoms. The van der Waals surface area contributed by atoms with Crippen molar-refractivity contribution in [2.75, 3.05) is 12.8 Å². The monoisotopic (exact) mass is 358 g/mol. The van der Waals surface area contributed by atoms with Gasteiger partial charge in [-0.05, 0) is 30.6 Å². The van der Waals surface area contributed by atoms with E-state index in [4.69, 9.17) is 0 Å². The van der Waals surface area contributed by atoms with Gasteiger partial charge in [-0.2, -0.15) is 0 Å². The summed E-state index contributed by atoms with van der Waals surface area (Å²) in [5.41, 5.74) is 1.13. The lowest BCUT2D eigenvalue weighted by atomic mass is 9.84. The molecule has 1 aliphatic rings. The standard InChI is InChI=1S/C19H26N4OS/c1-23-16(21-22-19(23)25-2)12-13-20-18(24)17(15-10-6-7-11-15)14-8-4-3-5-9-14/h3-5,8-9,15,17H,6-7,10-13H2,1-2H3,(H,20,24)/t17-/m0/s1. The molecule has 1 atom stereocenters. The van der Waals surface area contributed by atoms with Crippen LogP contribution in [0.15, 0.2) is 35.5 Å². The Morgan fingerprint density at radius 1 is 1.28 bits per heavy atom. The zero-order chi connectivity index (χ0) is 17.6. The summed E-state index contributed by atoms with van der Waals surface area (Å²) >= 11 is 1.58. The normalized spacial score (nSPS) is 16.1. The van der Waals surface area contributed by atoms with Crippen molar-refractivity contribution >= 4 is 17.7 Å². The van der Waals surface area contributed by atoms with Gasteiger partial charge < -0.3 is 9.88 Å². The summed E-state index contributed by atoms with van der Waals surface area (Å²) in [6.07, 6.45) is 7.44. The molecular weight excluding hydrogens is 332 g/mol. The minimum atomic E-state index is -0.0371. The fourth-order valence-corrected chi connectivity index (χ4v) is 4.24. The summed E-state index contributed by atoms with van der Waals surface area (Å²) in [6, 6.07) is 10.2. The second-order valence-electron chi connectivity index (χ2n) is 6.64. The van der Waals surface area contributed by atoms with E-state index in [1.165, 1.54) is 12.8 Å². The third-order valence-corrected chi connectivity index (χ3v) is 5.79. The fraction of sp³-hybridized carbons (Fsp3) is 0.526. The Balaban J connectivity index is 1.63. The number of thioether (sulfide) groups is 1. The maximum Gasteiger partial charge on any atom is 0.227 e. The highest BCUT2D eigenvalue weighted by atomic mass is 32.2. The molecule has 1 aromatic carbocycles. The third kappa shape index (κ3) is 4.24. The number of carbonyl (C=O) groups is 1. The average molecular weight is 359 g/mol. The van der Waals surface area contributed by atoms with E-state index in [1.807, 2.05) is 36.1 Å². The summed E-state index contributed by atoms with van der Waals surface area (Å²) in [5.74, 6) is 1.47. The topological polar surface area (TPSA) is 59.8 Å². The molecule has 0 unspecified atom stereocenters. The van der Waals surface area contributed by atoms with E-state index >= 15 is 0 Å². The highest BCUT2D eigenvalue weighted by Crippen LogP contribution is 2.37. The number of carbonyl (C=O) groups excluding carboxylic acids is 1. The molecule has 5 nitrogen and oxygen atoms in total. The summed E-state index contributed by atoms with van der Waals surface area (Å²) in [4.78, 5) is 12.9. The van der Waals surface area contributed by atoms with E-state index in [2.05, 4.69) is 27.6 Å². The van der Waals surface area contributed by atoms with Crippen LogP contribution in [0, 0.1) is 5.92 Å². The van der Waals surface area contributed by atoms with E-state index in [1.54, 1.807) is 11.8 Å². The fourth-order valence-electron chi connectivity index (χ4n) is 3.74. The first-order valence-electron chi connectivity index (χ1n) is 8.95. The Morgan fingerprint density at radius 2 is 2.00 bits per heavy atom. The van der Waals surface area contributed by atoms with Gasteiger partial charge in [0.05, 0.1) is 5.92 Å².